The molecule has 5 heterocycles. The van der Waals surface area contributed by atoms with Crippen molar-refractivity contribution < 1.29 is 37.1 Å². The van der Waals surface area contributed by atoms with E-state index >= 15 is 0 Å². The lowest BCUT2D eigenvalue weighted by molar-refractivity contribution is -0.136. The highest BCUT2D eigenvalue weighted by molar-refractivity contribution is 7.92. The van der Waals surface area contributed by atoms with Gasteiger partial charge in [0.1, 0.15) is 16.8 Å². The molecule has 5 amide bonds. The van der Waals surface area contributed by atoms with E-state index in [-0.39, 0.29) is 46.5 Å². The number of imide groups is 2. The van der Waals surface area contributed by atoms with E-state index in [4.69, 9.17) is 16.3 Å². The van der Waals surface area contributed by atoms with Crippen LogP contribution in [0, 0.1) is 0 Å². The summed E-state index contributed by atoms with van der Waals surface area (Å²) >= 11 is 6.49. The molecule has 4 aromatic rings. The van der Waals surface area contributed by atoms with Gasteiger partial charge in [0.2, 0.25) is 33.7 Å². The van der Waals surface area contributed by atoms with Crippen LogP contribution in [0.4, 0.5) is 40.2 Å². The standard InChI is InChI=1S/C52H66ClN11O8S/c1-60(73(3,70)71)42-18-12-11-16-39(42)56-48-38(53)34-54-52(59-48)57-40-21-20-36(33-44(40)72-2)62-27-24-35(25-28-62)63-31-29-61(30-32-63)26-13-9-7-5-4-6-8-10-19-45(65)55-41-17-14-15-37-47(41)51(69)64(50(37)68)43-22-23-46(66)58-49(43)67/h11-12,14-18,20-21,33-35,43H,4-10,13,19,22-32H2,1-3H3,(H,55,65)(H,58,66,67)(H2,54,56,57,59). The Kier molecular flexibility index (Phi) is 17.5. The van der Waals surface area contributed by atoms with Crippen LogP contribution in [0.3, 0.4) is 0 Å². The molecule has 0 radical (unpaired) electrons. The summed E-state index contributed by atoms with van der Waals surface area (Å²) in [5, 5.41) is 11.7. The Morgan fingerprint density at radius 3 is 2.23 bits per heavy atom. The fourth-order valence-corrected chi connectivity index (χ4v) is 10.8. The topological polar surface area (TPSA) is 219 Å². The van der Waals surface area contributed by atoms with Crippen molar-refractivity contribution in [1.82, 2.24) is 30.0 Å². The monoisotopic (exact) mass is 1040 g/mol. The van der Waals surface area contributed by atoms with Gasteiger partial charge in [-0.15, -0.1) is 0 Å². The number of unbranched alkanes of at least 4 members (excludes halogenated alkanes) is 7. The molecule has 0 saturated carbocycles. The summed E-state index contributed by atoms with van der Waals surface area (Å²) in [5.74, 6) is -1.32. The Bertz CT molecular complexity index is 2780. The van der Waals surface area contributed by atoms with E-state index in [1.54, 1.807) is 43.5 Å². The molecule has 390 valence electrons. The Hall–Kier alpha value is -6.35. The zero-order chi connectivity index (χ0) is 51.6. The van der Waals surface area contributed by atoms with Gasteiger partial charge in [-0.1, -0.05) is 68.3 Å². The summed E-state index contributed by atoms with van der Waals surface area (Å²) in [6.07, 6.45) is 13.9. The van der Waals surface area contributed by atoms with Crippen molar-refractivity contribution in [3.63, 3.8) is 0 Å². The first kappa shape index (κ1) is 53.0. The SMILES string of the molecule is COc1cc(N2CCC(N3CCN(CCCCCCCCCCC(=O)Nc4cccc5c4C(=O)N(C4CCC(=O)NC4=O)C5=O)CC3)CC2)ccc1Nc1ncc(Cl)c(Nc2ccccc2N(C)S(C)(=O)=O)n1. The predicted octanol–water partition coefficient (Wildman–Crippen LogP) is 7.16. The second-order valence-corrected chi connectivity index (χ2v) is 21.6. The van der Waals surface area contributed by atoms with Crippen molar-refractivity contribution in [3.05, 3.63) is 83.0 Å². The quantitative estimate of drug-likeness (QED) is 0.0454. The fraction of sp³-hybridized carbons (Fsp3) is 0.481. The van der Waals surface area contributed by atoms with Crippen LogP contribution in [0.15, 0.2) is 66.9 Å². The van der Waals surface area contributed by atoms with Gasteiger partial charge in [0.15, 0.2) is 5.82 Å². The van der Waals surface area contributed by atoms with Crippen LogP contribution in [0.1, 0.15) is 104 Å². The molecule has 21 heteroatoms. The van der Waals surface area contributed by atoms with E-state index in [0.29, 0.717) is 41.1 Å². The molecule has 1 aromatic heterocycles. The first-order valence-corrected chi connectivity index (χ1v) is 27.5. The van der Waals surface area contributed by atoms with Crippen LogP contribution in [-0.2, 0) is 24.4 Å². The molecule has 4 aliphatic rings. The Balaban J connectivity index is 0.684. The molecule has 8 rings (SSSR count). The third kappa shape index (κ3) is 13.1. The molecule has 3 saturated heterocycles. The van der Waals surface area contributed by atoms with E-state index in [0.717, 1.165) is 101 Å². The van der Waals surface area contributed by atoms with Gasteiger partial charge < -0.3 is 30.5 Å². The summed E-state index contributed by atoms with van der Waals surface area (Å²) in [7, 11) is -0.377. The summed E-state index contributed by atoms with van der Waals surface area (Å²) in [6, 6.07) is 17.3. The average Bonchev–Trinajstić information content (AvgIpc) is 3.64. The number of aromatic nitrogens is 2. The van der Waals surface area contributed by atoms with Gasteiger partial charge in [-0.25, -0.2) is 13.4 Å². The number of benzene rings is 3. The molecule has 0 bridgehead atoms. The lowest BCUT2D eigenvalue weighted by Crippen LogP contribution is -2.54. The van der Waals surface area contributed by atoms with E-state index < -0.39 is 39.7 Å². The number of sulfonamides is 1. The van der Waals surface area contributed by atoms with E-state index in [2.05, 4.69) is 52.0 Å². The lowest BCUT2D eigenvalue weighted by Gasteiger charge is -2.43. The zero-order valence-electron chi connectivity index (χ0n) is 41.8. The Labute approximate surface area is 432 Å². The lowest BCUT2D eigenvalue weighted by atomic mass is 10.0. The van der Waals surface area contributed by atoms with Gasteiger partial charge in [0, 0.05) is 77.0 Å². The number of rotatable bonds is 22. The van der Waals surface area contributed by atoms with Crippen molar-refractivity contribution in [2.75, 3.05) is 91.4 Å². The van der Waals surface area contributed by atoms with Gasteiger partial charge in [-0.3, -0.25) is 43.4 Å². The number of para-hydroxylation sites is 2. The number of carbonyl (C=O) groups is 5. The molecule has 1 atom stereocenters. The Morgan fingerprint density at radius 2 is 1.52 bits per heavy atom. The van der Waals surface area contributed by atoms with Crippen LogP contribution < -0.4 is 35.2 Å². The average molecular weight is 1040 g/mol. The number of piperazine rings is 1. The smallest absolute Gasteiger partial charge is 0.264 e. The van der Waals surface area contributed by atoms with Crippen molar-refractivity contribution in [2.24, 2.45) is 0 Å². The first-order chi connectivity index (χ1) is 35.2. The van der Waals surface area contributed by atoms with Crippen molar-refractivity contribution in [2.45, 2.75) is 95.6 Å². The number of nitrogens with one attached hydrogen (secondary N) is 4. The number of ether oxygens (including phenoxy) is 1. The van der Waals surface area contributed by atoms with Crippen LogP contribution in [0.25, 0.3) is 0 Å². The molecular weight excluding hydrogens is 974 g/mol. The van der Waals surface area contributed by atoms with Gasteiger partial charge in [-0.05, 0) is 75.0 Å². The number of nitrogens with zero attached hydrogens (tertiary/aromatic N) is 7. The van der Waals surface area contributed by atoms with Gasteiger partial charge in [0.25, 0.3) is 11.8 Å². The molecular formula is C52H66ClN11O8S. The van der Waals surface area contributed by atoms with Gasteiger partial charge in [-0.2, -0.15) is 4.98 Å². The molecule has 19 nitrogen and oxygen atoms in total. The highest BCUT2D eigenvalue weighted by Gasteiger charge is 2.46. The largest absolute Gasteiger partial charge is 0.494 e. The number of hydrogen-bond acceptors (Lipinski definition) is 15. The molecule has 0 aliphatic carbocycles. The second kappa shape index (κ2) is 24.1. The molecule has 0 spiro atoms. The van der Waals surface area contributed by atoms with Crippen LogP contribution in [0.5, 0.6) is 5.75 Å². The Morgan fingerprint density at radius 1 is 0.822 bits per heavy atom. The third-order valence-corrected chi connectivity index (χ3v) is 15.8. The van der Waals surface area contributed by atoms with E-state index in [1.807, 2.05) is 12.1 Å². The minimum Gasteiger partial charge on any atom is -0.494 e. The number of fused-ring (bicyclic) bond motifs is 1. The second-order valence-electron chi connectivity index (χ2n) is 19.2. The molecule has 4 aliphatic heterocycles. The number of hydrogen-bond donors (Lipinski definition) is 4. The molecule has 3 fully saturated rings. The first-order valence-electron chi connectivity index (χ1n) is 25.3. The van der Waals surface area contributed by atoms with Crippen molar-refractivity contribution >= 4 is 91.4 Å². The van der Waals surface area contributed by atoms with Gasteiger partial charge >= 0.3 is 0 Å². The van der Waals surface area contributed by atoms with Gasteiger partial charge in [0.05, 0.1) is 53.4 Å². The maximum absolute atomic E-state index is 13.3. The number of halogens is 1. The summed E-state index contributed by atoms with van der Waals surface area (Å²) in [6.45, 7) is 7.45. The minimum atomic E-state index is -3.50. The fourth-order valence-electron chi connectivity index (χ4n) is 10.1. The molecule has 3 aromatic carbocycles. The third-order valence-electron chi connectivity index (χ3n) is 14.3. The molecule has 1 unspecified atom stereocenters. The van der Waals surface area contributed by atoms with Crippen molar-refractivity contribution in [3.8, 4) is 5.75 Å². The van der Waals surface area contributed by atoms with Crippen LogP contribution in [-0.4, -0.2) is 141 Å². The highest BCUT2D eigenvalue weighted by Crippen LogP contribution is 2.36. The zero-order valence-corrected chi connectivity index (χ0v) is 43.4. The van der Waals surface area contributed by atoms with Crippen LogP contribution in [0.2, 0.25) is 5.02 Å². The number of anilines is 7. The minimum absolute atomic E-state index is 0.0397. The van der Waals surface area contributed by atoms with Crippen molar-refractivity contribution in [1.29, 1.82) is 0 Å². The number of piperidine rings is 2. The summed E-state index contributed by atoms with van der Waals surface area (Å²) in [5.41, 5.74) is 3.23. The molecule has 4 N–H and O–H groups in total. The summed E-state index contributed by atoms with van der Waals surface area (Å²) in [4.78, 5) is 80.9. The highest BCUT2D eigenvalue weighted by atomic mass is 35.5. The van der Waals surface area contributed by atoms with E-state index in [1.165, 1.54) is 49.3 Å². The summed E-state index contributed by atoms with van der Waals surface area (Å²) < 4.78 is 31.6. The number of amides is 5. The van der Waals surface area contributed by atoms with Crippen LogP contribution >= 0.6 is 11.6 Å². The maximum atomic E-state index is 13.3. The molecule has 73 heavy (non-hydrogen) atoms. The maximum Gasteiger partial charge on any atom is 0.264 e. The van der Waals surface area contributed by atoms with E-state index in [9.17, 15) is 32.4 Å². The number of carbonyl (C=O) groups excluding carboxylic acids is 5. The number of methoxy groups -OCH3 is 1. The normalized spacial score (nSPS) is 17.9. The predicted molar refractivity (Wildman–Crippen MR) is 283 cm³/mol.